The van der Waals surface area contributed by atoms with Crippen molar-refractivity contribution in [3.8, 4) is 5.88 Å². The molecule has 0 radical (unpaired) electrons. The first-order chi connectivity index (χ1) is 7.10. The fourth-order valence-corrected chi connectivity index (χ4v) is 1.85. The molecule has 1 unspecified atom stereocenters. The van der Waals surface area contributed by atoms with Crippen LogP contribution in [0.15, 0.2) is 10.9 Å². The van der Waals surface area contributed by atoms with E-state index in [1.54, 1.807) is 0 Å². The van der Waals surface area contributed by atoms with Crippen LogP contribution in [0.1, 0.15) is 25.8 Å². The minimum absolute atomic E-state index is 0.0127. The molecule has 1 aromatic heterocycles. The summed E-state index contributed by atoms with van der Waals surface area (Å²) in [6.07, 6.45) is 1.21. The van der Waals surface area contributed by atoms with E-state index < -0.39 is 5.56 Å². The molecule has 15 heavy (non-hydrogen) atoms. The van der Waals surface area contributed by atoms with Crippen molar-refractivity contribution in [3.63, 3.8) is 0 Å². The summed E-state index contributed by atoms with van der Waals surface area (Å²) >= 11 is 4.95. The Hall–Kier alpha value is -1.14. The number of aliphatic hydroxyl groups excluding tert-OH is 1. The second kappa shape index (κ2) is 5.09. The molecule has 0 amide bonds. The van der Waals surface area contributed by atoms with Crippen LogP contribution >= 0.6 is 12.2 Å². The lowest BCUT2D eigenvalue weighted by Gasteiger charge is -2.18. The van der Waals surface area contributed by atoms with Gasteiger partial charge in [0, 0.05) is 12.6 Å². The Balaban J connectivity index is 3.23. The third kappa shape index (κ3) is 2.66. The normalized spacial score (nSPS) is 12.7. The fraction of sp³-hybridized carbons (Fsp3) is 0.556. The minimum Gasteiger partial charge on any atom is -0.494 e. The van der Waals surface area contributed by atoms with Crippen molar-refractivity contribution in [2.75, 3.05) is 6.61 Å². The quantitative estimate of drug-likeness (QED) is 0.673. The Morgan fingerprint density at radius 1 is 1.67 bits per heavy atom. The zero-order valence-electron chi connectivity index (χ0n) is 8.43. The highest BCUT2D eigenvalue weighted by Crippen LogP contribution is 2.20. The number of nitrogens with one attached hydrogen (secondary N) is 1. The maximum atomic E-state index is 11.0. The molecule has 0 aromatic carbocycles. The molecular weight excluding hydrogens is 216 g/mol. The summed E-state index contributed by atoms with van der Waals surface area (Å²) in [7, 11) is 0. The second-order valence-corrected chi connectivity index (χ2v) is 3.63. The van der Waals surface area contributed by atoms with E-state index in [0.29, 0.717) is 12.8 Å². The fourth-order valence-electron chi connectivity index (χ4n) is 1.51. The third-order valence-electron chi connectivity index (χ3n) is 2.25. The van der Waals surface area contributed by atoms with E-state index in [-0.39, 0.29) is 23.3 Å². The molecule has 0 spiro atoms. The van der Waals surface area contributed by atoms with Gasteiger partial charge in [-0.3, -0.25) is 14.3 Å². The van der Waals surface area contributed by atoms with Gasteiger partial charge in [-0.05, 0) is 25.1 Å². The Kier molecular flexibility index (Phi) is 4.05. The summed E-state index contributed by atoms with van der Waals surface area (Å²) in [5.74, 6) is -0.163. The molecular formula is C9H14N2O3S. The number of rotatable bonds is 4. The molecule has 1 atom stereocenters. The SMILES string of the molecule is CCC(CCO)n1c(O)cc(=O)[nH]c1=S. The molecule has 0 bridgehead atoms. The molecule has 6 heteroatoms. The van der Waals surface area contributed by atoms with Crippen LogP contribution in [-0.4, -0.2) is 26.4 Å². The number of aromatic amines is 1. The van der Waals surface area contributed by atoms with Crippen molar-refractivity contribution >= 4 is 12.2 Å². The monoisotopic (exact) mass is 230 g/mol. The van der Waals surface area contributed by atoms with Gasteiger partial charge in [-0.2, -0.15) is 0 Å². The molecule has 1 aromatic rings. The third-order valence-corrected chi connectivity index (χ3v) is 2.55. The van der Waals surface area contributed by atoms with Crippen molar-refractivity contribution < 1.29 is 10.2 Å². The standard InChI is InChI=1S/C9H14N2O3S/c1-2-6(3-4-12)11-8(14)5-7(13)10-9(11)15/h5-6,12,14H,2-4H2,1H3,(H,10,13,15). The van der Waals surface area contributed by atoms with Gasteiger partial charge in [0.05, 0.1) is 6.07 Å². The first-order valence-corrected chi connectivity index (χ1v) is 5.16. The topological polar surface area (TPSA) is 78.2 Å². The maximum Gasteiger partial charge on any atom is 0.255 e. The van der Waals surface area contributed by atoms with Crippen LogP contribution in [0, 0.1) is 4.77 Å². The van der Waals surface area contributed by atoms with E-state index in [2.05, 4.69) is 4.98 Å². The highest BCUT2D eigenvalue weighted by Gasteiger charge is 2.12. The number of H-pyrrole nitrogens is 1. The highest BCUT2D eigenvalue weighted by molar-refractivity contribution is 7.71. The number of aliphatic hydroxyl groups is 1. The van der Waals surface area contributed by atoms with Gasteiger partial charge in [-0.15, -0.1) is 0 Å². The number of aromatic hydroxyl groups is 1. The van der Waals surface area contributed by atoms with Gasteiger partial charge in [-0.1, -0.05) is 6.92 Å². The number of hydrogen-bond donors (Lipinski definition) is 3. The molecule has 0 aliphatic carbocycles. The van der Waals surface area contributed by atoms with E-state index in [0.717, 1.165) is 6.07 Å². The Morgan fingerprint density at radius 2 is 2.33 bits per heavy atom. The summed E-state index contributed by atoms with van der Waals surface area (Å²) < 4.78 is 1.63. The maximum absolute atomic E-state index is 11.0. The van der Waals surface area contributed by atoms with Crippen LogP contribution in [-0.2, 0) is 0 Å². The van der Waals surface area contributed by atoms with Crippen molar-refractivity contribution in [2.24, 2.45) is 0 Å². The lowest BCUT2D eigenvalue weighted by Crippen LogP contribution is -2.17. The van der Waals surface area contributed by atoms with Gasteiger partial charge in [-0.25, -0.2) is 0 Å². The smallest absolute Gasteiger partial charge is 0.255 e. The van der Waals surface area contributed by atoms with Crippen LogP contribution in [0.2, 0.25) is 0 Å². The lowest BCUT2D eigenvalue weighted by molar-refractivity contribution is 0.244. The summed E-state index contributed by atoms with van der Waals surface area (Å²) in [5.41, 5.74) is -0.424. The molecule has 1 rings (SSSR count). The van der Waals surface area contributed by atoms with E-state index in [9.17, 15) is 9.90 Å². The molecule has 0 fully saturated rings. The van der Waals surface area contributed by atoms with Gasteiger partial charge < -0.3 is 10.2 Å². The first kappa shape index (κ1) is 11.9. The predicted octanol–water partition coefficient (Wildman–Crippen LogP) is 0.945. The first-order valence-electron chi connectivity index (χ1n) is 4.75. The van der Waals surface area contributed by atoms with Gasteiger partial charge in [0.15, 0.2) is 10.7 Å². The van der Waals surface area contributed by atoms with Gasteiger partial charge in [0.25, 0.3) is 5.56 Å². The number of hydrogen-bond acceptors (Lipinski definition) is 4. The molecule has 0 aliphatic heterocycles. The number of nitrogens with zero attached hydrogens (tertiary/aromatic N) is 1. The molecule has 5 nitrogen and oxygen atoms in total. The van der Waals surface area contributed by atoms with Gasteiger partial charge in [0.2, 0.25) is 0 Å². The number of aromatic nitrogens is 2. The van der Waals surface area contributed by atoms with Crippen LogP contribution in [0.3, 0.4) is 0 Å². The summed E-state index contributed by atoms with van der Waals surface area (Å²) in [4.78, 5) is 13.4. The molecule has 0 saturated carbocycles. The Morgan fingerprint density at radius 3 is 2.80 bits per heavy atom. The van der Waals surface area contributed by atoms with Crippen LogP contribution in [0.4, 0.5) is 0 Å². The molecule has 84 valence electrons. The van der Waals surface area contributed by atoms with E-state index >= 15 is 0 Å². The lowest BCUT2D eigenvalue weighted by atomic mass is 10.1. The Bertz CT molecular complexity index is 438. The largest absolute Gasteiger partial charge is 0.494 e. The van der Waals surface area contributed by atoms with E-state index in [1.165, 1.54) is 4.57 Å². The molecule has 0 aliphatic rings. The second-order valence-electron chi connectivity index (χ2n) is 3.24. The summed E-state index contributed by atoms with van der Waals surface area (Å²) in [6.45, 7) is 1.94. The highest BCUT2D eigenvalue weighted by atomic mass is 32.1. The van der Waals surface area contributed by atoms with Crippen molar-refractivity contribution in [2.45, 2.75) is 25.8 Å². The Labute approximate surface area is 92.0 Å². The zero-order valence-corrected chi connectivity index (χ0v) is 9.25. The zero-order chi connectivity index (χ0) is 11.4. The average Bonchev–Trinajstić information content (AvgIpc) is 2.14. The van der Waals surface area contributed by atoms with Gasteiger partial charge >= 0.3 is 0 Å². The van der Waals surface area contributed by atoms with Crippen LogP contribution in [0.5, 0.6) is 5.88 Å². The van der Waals surface area contributed by atoms with E-state index in [1.807, 2.05) is 6.92 Å². The van der Waals surface area contributed by atoms with Crippen molar-refractivity contribution in [1.82, 2.24) is 9.55 Å². The predicted molar refractivity (Wildman–Crippen MR) is 58.6 cm³/mol. The minimum atomic E-state index is -0.424. The van der Waals surface area contributed by atoms with Crippen LogP contribution < -0.4 is 5.56 Å². The van der Waals surface area contributed by atoms with E-state index in [4.69, 9.17) is 17.3 Å². The van der Waals surface area contributed by atoms with Crippen molar-refractivity contribution in [3.05, 3.63) is 21.2 Å². The summed E-state index contributed by atoms with van der Waals surface area (Å²) in [5, 5.41) is 18.5. The molecule has 3 N–H and O–H groups in total. The average molecular weight is 230 g/mol. The van der Waals surface area contributed by atoms with Crippen molar-refractivity contribution in [1.29, 1.82) is 0 Å². The van der Waals surface area contributed by atoms with Crippen LogP contribution in [0.25, 0.3) is 0 Å². The van der Waals surface area contributed by atoms with Gasteiger partial charge in [0.1, 0.15) is 0 Å². The molecule has 1 heterocycles. The molecule has 0 saturated heterocycles. The summed E-state index contributed by atoms with van der Waals surface area (Å²) in [6, 6.07) is 0.981.